The van der Waals surface area contributed by atoms with Crippen LogP contribution in [0, 0.1) is 28.1 Å². The van der Waals surface area contributed by atoms with Gasteiger partial charge in [-0.25, -0.2) is 4.79 Å². The van der Waals surface area contributed by atoms with Crippen molar-refractivity contribution in [3.8, 4) is 6.07 Å². The number of carbonyl (C=O) groups is 1. The first-order valence-corrected chi connectivity index (χ1v) is 10.3. The van der Waals surface area contributed by atoms with Gasteiger partial charge in [-0.1, -0.05) is 33.6 Å². The molecule has 1 aliphatic rings. The molecule has 1 amide bonds. The average molecular weight is 365 g/mol. The van der Waals surface area contributed by atoms with Gasteiger partial charge < -0.3 is 9.64 Å². The maximum Gasteiger partial charge on any atom is 0.410 e. The van der Waals surface area contributed by atoms with Crippen LogP contribution >= 0.6 is 0 Å². The lowest BCUT2D eigenvalue weighted by Crippen LogP contribution is -2.42. The average Bonchev–Trinajstić information content (AvgIpc) is 2.56. The van der Waals surface area contributed by atoms with Gasteiger partial charge in [0.15, 0.2) is 0 Å². The van der Waals surface area contributed by atoms with Crippen LogP contribution in [0.3, 0.4) is 0 Å². The fourth-order valence-electron chi connectivity index (χ4n) is 4.19. The summed E-state index contributed by atoms with van der Waals surface area (Å²) in [5.74, 6) is 0.709. The minimum absolute atomic E-state index is 0.247. The summed E-state index contributed by atoms with van der Waals surface area (Å²) in [6, 6.07) is 2.49. The summed E-state index contributed by atoms with van der Waals surface area (Å²) >= 11 is 0. The molecule has 1 rings (SSSR count). The molecule has 1 fully saturated rings. The van der Waals surface area contributed by atoms with Gasteiger partial charge in [0.25, 0.3) is 0 Å². The van der Waals surface area contributed by atoms with Gasteiger partial charge in [0.2, 0.25) is 0 Å². The zero-order valence-corrected chi connectivity index (χ0v) is 18.2. The number of ether oxygens (including phenoxy) is 1. The highest BCUT2D eigenvalue weighted by Crippen LogP contribution is 2.42. The summed E-state index contributed by atoms with van der Waals surface area (Å²) in [6.45, 7) is 15.7. The van der Waals surface area contributed by atoms with Gasteiger partial charge in [-0.3, -0.25) is 0 Å². The number of carbonyl (C=O) groups excluding carboxylic acids is 1. The Morgan fingerprint density at radius 2 is 1.92 bits per heavy atom. The fraction of sp³-hybridized carbons (Fsp3) is 0.909. The molecule has 3 atom stereocenters. The number of nitriles is 1. The molecule has 0 aromatic carbocycles. The van der Waals surface area contributed by atoms with Crippen LogP contribution in [0.4, 0.5) is 4.79 Å². The second-order valence-corrected chi connectivity index (χ2v) is 10.1. The Hall–Kier alpha value is -1.24. The van der Waals surface area contributed by atoms with E-state index >= 15 is 0 Å². The molecule has 150 valence electrons. The van der Waals surface area contributed by atoms with Crippen molar-refractivity contribution in [3.05, 3.63) is 0 Å². The van der Waals surface area contributed by atoms with Crippen LogP contribution in [-0.2, 0) is 4.74 Å². The van der Waals surface area contributed by atoms with Crippen molar-refractivity contribution in [2.45, 2.75) is 99.0 Å². The molecule has 0 aromatic heterocycles. The van der Waals surface area contributed by atoms with Gasteiger partial charge in [0.05, 0.1) is 11.5 Å². The van der Waals surface area contributed by atoms with Gasteiger partial charge in [-0.05, 0) is 71.1 Å². The van der Waals surface area contributed by atoms with Crippen molar-refractivity contribution in [2.75, 3.05) is 13.1 Å². The van der Waals surface area contributed by atoms with E-state index in [4.69, 9.17) is 4.74 Å². The van der Waals surface area contributed by atoms with E-state index in [1.807, 2.05) is 27.7 Å². The third-order valence-corrected chi connectivity index (χ3v) is 5.57. The van der Waals surface area contributed by atoms with Crippen LogP contribution in [0.5, 0.6) is 0 Å². The lowest BCUT2D eigenvalue weighted by Gasteiger charge is -2.34. The Morgan fingerprint density at radius 3 is 2.46 bits per heavy atom. The van der Waals surface area contributed by atoms with E-state index in [9.17, 15) is 10.1 Å². The Morgan fingerprint density at radius 1 is 1.27 bits per heavy atom. The highest BCUT2D eigenvalue weighted by atomic mass is 16.6. The van der Waals surface area contributed by atoms with Crippen LogP contribution in [0.15, 0.2) is 0 Å². The standard InChI is InChI=1S/C22H40N2O2/c1-8-10-18(2)15-21(6)11-9-14-24(19(25)26-20(3,4)5)17-22(7,16-23)13-12-21/h18H,8-15,17H2,1-7H3. The highest BCUT2D eigenvalue weighted by Gasteiger charge is 2.37. The summed E-state index contributed by atoms with van der Waals surface area (Å²) < 4.78 is 5.58. The third kappa shape index (κ3) is 7.56. The molecule has 0 saturated carbocycles. The molecule has 1 aliphatic heterocycles. The van der Waals surface area contributed by atoms with Crippen molar-refractivity contribution < 1.29 is 9.53 Å². The van der Waals surface area contributed by atoms with Crippen molar-refractivity contribution in [3.63, 3.8) is 0 Å². The van der Waals surface area contributed by atoms with Crippen molar-refractivity contribution >= 4 is 6.09 Å². The minimum atomic E-state index is -0.517. The van der Waals surface area contributed by atoms with E-state index in [1.165, 1.54) is 19.3 Å². The van der Waals surface area contributed by atoms with Gasteiger partial charge in [-0.2, -0.15) is 5.26 Å². The molecular weight excluding hydrogens is 324 g/mol. The minimum Gasteiger partial charge on any atom is -0.444 e. The van der Waals surface area contributed by atoms with Crippen molar-refractivity contribution in [1.82, 2.24) is 4.90 Å². The third-order valence-electron chi connectivity index (χ3n) is 5.57. The molecule has 4 nitrogen and oxygen atoms in total. The Labute approximate surface area is 161 Å². The first kappa shape index (κ1) is 22.8. The van der Waals surface area contributed by atoms with Crippen molar-refractivity contribution in [2.24, 2.45) is 16.7 Å². The molecule has 0 N–H and O–H groups in total. The number of nitrogens with zero attached hydrogens (tertiary/aromatic N) is 2. The van der Waals surface area contributed by atoms with Gasteiger partial charge in [0, 0.05) is 13.1 Å². The van der Waals surface area contributed by atoms with E-state index in [0.717, 1.165) is 25.7 Å². The monoisotopic (exact) mass is 364 g/mol. The molecule has 0 bridgehead atoms. The maximum atomic E-state index is 12.6. The number of hydrogen-bond donors (Lipinski definition) is 0. The molecule has 0 radical (unpaired) electrons. The second-order valence-electron chi connectivity index (χ2n) is 10.1. The topological polar surface area (TPSA) is 53.3 Å². The second kappa shape index (κ2) is 9.11. The van der Waals surface area contributed by atoms with Crippen LogP contribution in [0.25, 0.3) is 0 Å². The van der Waals surface area contributed by atoms with Gasteiger partial charge in [-0.15, -0.1) is 0 Å². The normalized spacial score (nSPS) is 29.1. The van der Waals surface area contributed by atoms with E-state index < -0.39 is 11.0 Å². The summed E-state index contributed by atoms with van der Waals surface area (Å²) in [6.07, 6.45) is 7.34. The van der Waals surface area contributed by atoms with E-state index in [1.54, 1.807) is 4.90 Å². The fourth-order valence-corrected chi connectivity index (χ4v) is 4.19. The molecule has 0 aliphatic carbocycles. The van der Waals surface area contributed by atoms with Crippen LogP contribution in [0.1, 0.15) is 93.4 Å². The molecular formula is C22H40N2O2. The van der Waals surface area contributed by atoms with Gasteiger partial charge >= 0.3 is 6.09 Å². The molecule has 0 spiro atoms. The summed E-state index contributed by atoms with van der Waals surface area (Å²) in [5.41, 5.74) is -0.782. The van der Waals surface area contributed by atoms with Crippen molar-refractivity contribution in [1.29, 1.82) is 5.26 Å². The van der Waals surface area contributed by atoms with Crippen LogP contribution < -0.4 is 0 Å². The van der Waals surface area contributed by atoms with Gasteiger partial charge in [0.1, 0.15) is 5.60 Å². The predicted molar refractivity (Wildman–Crippen MR) is 107 cm³/mol. The first-order valence-electron chi connectivity index (χ1n) is 10.3. The number of rotatable bonds is 4. The zero-order chi connectivity index (χ0) is 20.0. The number of amides is 1. The predicted octanol–water partition coefficient (Wildman–Crippen LogP) is 6.16. The van der Waals surface area contributed by atoms with E-state index in [2.05, 4.69) is 26.8 Å². The SMILES string of the molecule is CCCC(C)CC1(C)CCCN(C(=O)OC(C)(C)C)CC(C)(C#N)CC1. The summed E-state index contributed by atoms with van der Waals surface area (Å²) in [5, 5.41) is 9.80. The van der Waals surface area contributed by atoms with Crippen LogP contribution in [0.2, 0.25) is 0 Å². The molecule has 0 aromatic rings. The Kier molecular flexibility index (Phi) is 7.99. The maximum absolute atomic E-state index is 12.6. The molecule has 26 heavy (non-hydrogen) atoms. The smallest absolute Gasteiger partial charge is 0.410 e. The van der Waals surface area contributed by atoms with E-state index in [-0.39, 0.29) is 11.5 Å². The first-order chi connectivity index (χ1) is 11.9. The van der Waals surface area contributed by atoms with E-state index in [0.29, 0.717) is 19.0 Å². The highest BCUT2D eigenvalue weighted by molar-refractivity contribution is 5.68. The molecule has 1 heterocycles. The Bertz CT molecular complexity index is 505. The largest absolute Gasteiger partial charge is 0.444 e. The molecule has 1 saturated heterocycles. The number of hydrogen-bond acceptors (Lipinski definition) is 3. The van der Waals surface area contributed by atoms with Crippen LogP contribution in [-0.4, -0.2) is 29.7 Å². The lowest BCUT2D eigenvalue weighted by molar-refractivity contribution is 0.0196. The quantitative estimate of drug-likeness (QED) is 0.600. The lowest BCUT2D eigenvalue weighted by atomic mass is 9.71. The Balaban J connectivity index is 2.92. The summed E-state index contributed by atoms with van der Waals surface area (Å²) in [7, 11) is 0. The zero-order valence-electron chi connectivity index (χ0n) is 18.2. The summed E-state index contributed by atoms with van der Waals surface area (Å²) in [4.78, 5) is 14.4. The molecule has 3 unspecified atom stereocenters. The molecule has 4 heteroatoms.